The van der Waals surface area contributed by atoms with E-state index in [0.717, 1.165) is 25.7 Å². The molecule has 0 spiro atoms. The predicted octanol–water partition coefficient (Wildman–Crippen LogP) is 0.812. The van der Waals surface area contributed by atoms with E-state index >= 15 is 0 Å². The average molecular weight is 128 g/mol. The summed E-state index contributed by atoms with van der Waals surface area (Å²) in [5.74, 6) is 0.892. The molecule has 1 aliphatic carbocycles. The normalized spacial score (nSPS) is 32.7. The molecule has 0 N–H and O–H groups in total. The molecule has 0 aromatic heterocycles. The topological polar surface area (TPSA) is 21.8 Å². The lowest BCUT2D eigenvalue weighted by atomic mass is 10.4. The number of hydrogen-bond acceptors (Lipinski definition) is 2. The zero-order chi connectivity index (χ0) is 6.10. The second-order valence-electron chi connectivity index (χ2n) is 2.94. The first-order valence-electron chi connectivity index (χ1n) is 3.64. The number of ether oxygens (including phenoxy) is 2. The van der Waals surface area contributed by atoms with Crippen LogP contribution in [0.25, 0.3) is 0 Å². The van der Waals surface area contributed by atoms with Gasteiger partial charge in [0.1, 0.15) is 6.10 Å². The zero-order valence-corrected chi connectivity index (χ0v) is 5.51. The van der Waals surface area contributed by atoms with E-state index in [1.165, 1.54) is 12.8 Å². The van der Waals surface area contributed by atoms with Gasteiger partial charge in [-0.2, -0.15) is 0 Å². The summed E-state index contributed by atoms with van der Waals surface area (Å²) in [5, 5.41) is 0. The summed E-state index contributed by atoms with van der Waals surface area (Å²) in [6.45, 7) is 2.72. The second-order valence-corrected chi connectivity index (χ2v) is 2.94. The van der Waals surface area contributed by atoms with Gasteiger partial charge < -0.3 is 9.47 Å². The quantitative estimate of drug-likeness (QED) is 0.523. The van der Waals surface area contributed by atoms with Crippen molar-refractivity contribution >= 4 is 0 Å². The average Bonchev–Trinajstić information content (AvgIpc) is 2.57. The van der Waals surface area contributed by atoms with Gasteiger partial charge in [-0.05, 0) is 18.8 Å². The van der Waals surface area contributed by atoms with Gasteiger partial charge in [0, 0.05) is 6.61 Å². The highest BCUT2D eigenvalue weighted by atomic mass is 16.6. The van der Waals surface area contributed by atoms with E-state index in [2.05, 4.69) is 0 Å². The van der Waals surface area contributed by atoms with Crippen LogP contribution in [0, 0.1) is 5.92 Å². The zero-order valence-electron chi connectivity index (χ0n) is 5.51. The molecule has 1 aliphatic heterocycles. The van der Waals surface area contributed by atoms with Crippen LogP contribution in [0.2, 0.25) is 0 Å². The lowest BCUT2D eigenvalue weighted by Gasteiger charge is -1.97. The van der Waals surface area contributed by atoms with Crippen molar-refractivity contribution in [3.63, 3.8) is 0 Å². The Morgan fingerprint density at radius 3 is 2.67 bits per heavy atom. The van der Waals surface area contributed by atoms with Crippen LogP contribution in [0.15, 0.2) is 0 Å². The Hall–Kier alpha value is -0.0800. The predicted molar refractivity (Wildman–Crippen MR) is 33.3 cm³/mol. The molecule has 52 valence electrons. The van der Waals surface area contributed by atoms with Crippen LogP contribution in [-0.2, 0) is 9.47 Å². The number of rotatable bonds is 4. The maximum atomic E-state index is 5.36. The van der Waals surface area contributed by atoms with Crippen LogP contribution in [0.4, 0.5) is 0 Å². The number of epoxide rings is 1. The molecule has 0 amide bonds. The highest BCUT2D eigenvalue weighted by molar-refractivity contribution is 4.73. The minimum Gasteiger partial charge on any atom is -0.378 e. The fraction of sp³-hybridized carbons (Fsp3) is 1.00. The minimum atomic E-state index is 0.448. The van der Waals surface area contributed by atoms with Gasteiger partial charge in [0.15, 0.2) is 0 Å². The highest BCUT2D eigenvalue weighted by Crippen LogP contribution is 2.29. The van der Waals surface area contributed by atoms with Crippen LogP contribution >= 0.6 is 0 Å². The second kappa shape index (κ2) is 2.27. The standard InChI is InChI=1S/C7H12O2/c1-2-6(1)3-8-4-7-5-9-7/h6-7H,1-5H2/t7-/m0/s1. The molecule has 0 aromatic carbocycles. The Labute approximate surface area is 55.1 Å². The fourth-order valence-corrected chi connectivity index (χ4v) is 0.815. The summed E-state index contributed by atoms with van der Waals surface area (Å²) in [6.07, 6.45) is 3.21. The van der Waals surface area contributed by atoms with Crippen LogP contribution in [0.1, 0.15) is 12.8 Å². The van der Waals surface area contributed by atoms with Gasteiger partial charge in [-0.3, -0.25) is 0 Å². The lowest BCUT2D eigenvalue weighted by molar-refractivity contribution is 0.108. The Bertz CT molecular complexity index is 83.1. The summed E-state index contributed by atoms with van der Waals surface area (Å²) >= 11 is 0. The molecular formula is C7H12O2. The molecule has 1 heterocycles. The molecule has 1 saturated heterocycles. The van der Waals surface area contributed by atoms with Crippen LogP contribution in [-0.4, -0.2) is 25.9 Å². The van der Waals surface area contributed by atoms with Gasteiger partial charge in [0.05, 0.1) is 13.2 Å². The van der Waals surface area contributed by atoms with E-state index in [-0.39, 0.29) is 0 Å². The Morgan fingerprint density at radius 2 is 2.11 bits per heavy atom. The van der Waals surface area contributed by atoms with E-state index in [1.54, 1.807) is 0 Å². The summed E-state index contributed by atoms with van der Waals surface area (Å²) < 4.78 is 10.3. The third-order valence-electron chi connectivity index (χ3n) is 1.76. The molecule has 2 aliphatic rings. The van der Waals surface area contributed by atoms with Crippen molar-refractivity contribution in [3.8, 4) is 0 Å². The van der Waals surface area contributed by atoms with Gasteiger partial charge in [-0.15, -0.1) is 0 Å². The monoisotopic (exact) mass is 128 g/mol. The van der Waals surface area contributed by atoms with Gasteiger partial charge in [0.2, 0.25) is 0 Å². The molecule has 1 atom stereocenters. The van der Waals surface area contributed by atoms with Crippen molar-refractivity contribution < 1.29 is 9.47 Å². The summed E-state index contributed by atoms with van der Waals surface area (Å²) in [5.41, 5.74) is 0. The first-order chi connectivity index (χ1) is 4.45. The Kier molecular flexibility index (Phi) is 1.44. The van der Waals surface area contributed by atoms with Crippen molar-refractivity contribution in [2.45, 2.75) is 18.9 Å². The third-order valence-corrected chi connectivity index (χ3v) is 1.76. The van der Waals surface area contributed by atoms with Gasteiger partial charge in [-0.1, -0.05) is 0 Å². The lowest BCUT2D eigenvalue weighted by Crippen LogP contribution is -2.03. The molecule has 0 radical (unpaired) electrons. The molecule has 2 heteroatoms. The molecule has 0 unspecified atom stereocenters. The maximum absolute atomic E-state index is 5.36. The largest absolute Gasteiger partial charge is 0.378 e. The van der Waals surface area contributed by atoms with Crippen molar-refractivity contribution in [1.82, 2.24) is 0 Å². The van der Waals surface area contributed by atoms with Crippen molar-refractivity contribution in [1.29, 1.82) is 0 Å². The maximum Gasteiger partial charge on any atom is 0.104 e. The SMILES string of the molecule is C1CC1COC[C@H]1CO1. The van der Waals surface area contributed by atoms with Crippen molar-refractivity contribution in [3.05, 3.63) is 0 Å². The first kappa shape index (κ1) is 5.69. The third kappa shape index (κ3) is 1.95. The molecule has 0 bridgehead atoms. The van der Waals surface area contributed by atoms with Gasteiger partial charge in [-0.25, -0.2) is 0 Å². The number of hydrogen-bond donors (Lipinski definition) is 0. The van der Waals surface area contributed by atoms with Crippen LogP contribution < -0.4 is 0 Å². The minimum absolute atomic E-state index is 0.448. The van der Waals surface area contributed by atoms with E-state index in [1.807, 2.05) is 0 Å². The molecule has 1 saturated carbocycles. The van der Waals surface area contributed by atoms with E-state index < -0.39 is 0 Å². The van der Waals surface area contributed by atoms with Crippen LogP contribution in [0.5, 0.6) is 0 Å². The van der Waals surface area contributed by atoms with Gasteiger partial charge in [0.25, 0.3) is 0 Å². The van der Waals surface area contributed by atoms with E-state index in [0.29, 0.717) is 6.10 Å². The van der Waals surface area contributed by atoms with Crippen molar-refractivity contribution in [2.75, 3.05) is 19.8 Å². The summed E-state index contributed by atoms with van der Waals surface area (Å²) in [4.78, 5) is 0. The summed E-state index contributed by atoms with van der Waals surface area (Å²) in [6, 6.07) is 0. The molecule has 2 nitrogen and oxygen atoms in total. The molecule has 2 fully saturated rings. The molecular weight excluding hydrogens is 116 g/mol. The highest BCUT2D eigenvalue weighted by Gasteiger charge is 2.25. The molecule has 2 rings (SSSR count). The van der Waals surface area contributed by atoms with Crippen LogP contribution in [0.3, 0.4) is 0 Å². The first-order valence-corrected chi connectivity index (χ1v) is 3.64. The molecule has 9 heavy (non-hydrogen) atoms. The summed E-state index contributed by atoms with van der Waals surface area (Å²) in [7, 11) is 0. The molecule has 0 aromatic rings. The Morgan fingerprint density at radius 1 is 1.33 bits per heavy atom. The van der Waals surface area contributed by atoms with Crippen molar-refractivity contribution in [2.24, 2.45) is 5.92 Å². The van der Waals surface area contributed by atoms with Gasteiger partial charge >= 0.3 is 0 Å². The Balaban J connectivity index is 1.46. The smallest absolute Gasteiger partial charge is 0.104 e. The fourth-order valence-electron chi connectivity index (χ4n) is 0.815. The van der Waals surface area contributed by atoms with E-state index in [9.17, 15) is 0 Å². The van der Waals surface area contributed by atoms with E-state index in [4.69, 9.17) is 9.47 Å².